The Morgan fingerprint density at radius 2 is 2.20 bits per heavy atom. The second-order valence-corrected chi connectivity index (χ2v) is 4.40. The van der Waals surface area contributed by atoms with Crippen molar-refractivity contribution in [3.8, 4) is 11.5 Å². The molecule has 6 nitrogen and oxygen atoms in total. The summed E-state index contributed by atoms with van der Waals surface area (Å²) in [4.78, 5) is 8.64. The van der Waals surface area contributed by atoms with Gasteiger partial charge in [0, 0.05) is 24.3 Å². The first-order valence-corrected chi connectivity index (χ1v) is 6.22. The second-order valence-electron chi connectivity index (χ2n) is 4.40. The van der Waals surface area contributed by atoms with E-state index in [1.54, 1.807) is 13.3 Å². The Morgan fingerprint density at radius 1 is 1.30 bits per heavy atom. The Hall–Kier alpha value is -2.31. The van der Waals surface area contributed by atoms with Gasteiger partial charge in [-0.05, 0) is 18.2 Å². The van der Waals surface area contributed by atoms with E-state index in [2.05, 4.69) is 15.1 Å². The molecule has 3 aromatic rings. The minimum atomic E-state index is -0.398. The lowest BCUT2D eigenvalue weighted by atomic mass is 10.1. The highest BCUT2D eigenvalue weighted by atomic mass is 16.5. The predicted octanol–water partition coefficient (Wildman–Crippen LogP) is 1.93. The number of rotatable bonds is 4. The van der Waals surface area contributed by atoms with Crippen LogP contribution in [0.25, 0.3) is 22.4 Å². The number of fused-ring (bicyclic) bond motifs is 1. The fourth-order valence-corrected chi connectivity index (χ4v) is 2.04. The van der Waals surface area contributed by atoms with Gasteiger partial charge in [0.2, 0.25) is 0 Å². The number of methoxy groups -OCH3 is 1. The van der Waals surface area contributed by atoms with Crippen LogP contribution in [0.15, 0.2) is 41.1 Å². The Kier molecular flexibility index (Phi) is 3.41. The largest absolute Gasteiger partial charge is 0.383 e. The van der Waals surface area contributed by atoms with E-state index in [9.17, 15) is 0 Å². The van der Waals surface area contributed by atoms with Crippen molar-refractivity contribution >= 4 is 10.9 Å². The maximum Gasteiger partial charge on any atom is 0.258 e. The molecule has 0 spiro atoms. The fourth-order valence-electron chi connectivity index (χ4n) is 2.04. The summed E-state index contributed by atoms with van der Waals surface area (Å²) in [5.41, 5.74) is 7.61. The fraction of sp³-hybridized carbons (Fsp3) is 0.214. The van der Waals surface area contributed by atoms with Gasteiger partial charge < -0.3 is 15.0 Å². The molecule has 3 rings (SSSR count). The monoisotopic (exact) mass is 270 g/mol. The van der Waals surface area contributed by atoms with Gasteiger partial charge in [0.25, 0.3) is 5.89 Å². The molecule has 20 heavy (non-hydrogen) atoms. The third-order valence-electron chi connectivity index (χ3n) is 3.00. The smallest absolute Gasteiger partial charge is 0.258 e. The van der Waals surface area contributed by atoms with Gasteiger partial charge in [0.1, 0.15) is 0 Å². The van der Waals surface area contributed by atoms with Crippen molar-refractivity contribution in [2.75, 3.05) is 13.7 Å². The molecular formula is C14H14N4O2. The van der Waals surface area contributed by atoms with Gasteiger partial charge in [-0.25, -0.2) is 0 Å². The summed E-state index contributed by atoms with van der Waals surface area (Å²) >= 11 is 0. The number of ether oxygens (including phenoxy) is 1. The third-order valence-corrected chi connectivity index (χ3v) is 3.00. The van der Waals surface area contributed by atoms with Crippen molar-refractivity contribution in [1.82, 2.24) is 15.1 Å². The van der Waals surface area contributed by atoms with Gasteiger partial charge in [0.05, 0.1) is 18.2 Å². The lowest BCUT2D eigenvalue weighted by molar-refractivity contribution is 0.177. The molecule has 0 amide bonds. The molecule has 0 saturated heterocycles. The molecule has 2 N–H and O–H groups in total. The van der Waals surface area contributed by atoms with E-state index in [0.29, 0.717) is 18.3 Å². The molecule has 1 atom stereocenters. The second kappa shape index (κ2) is 5.36. The summed E-state index contributed by atoms with van der Waals surface area (Å²) in [7, 11) is 1.58. The normalized spacial score (nSPS) is 12.7. The number of aromatic nitrogens is 3. The molecule has 1 aromatic carbocycles. The Balaban J connectivity index is 2.03. The third kappa shape index (κ3) is 2.26. The van der Waals surface area contributed by atoms with Crippen LogP contribution in [-0.4, -0.2) is 28.8 Å². The van der Waals surface area contributed by atoms with E-state index in [1.165, 1.54) is 0 Å². The molecule has 0 saturated carbocycles. The highest BCUT2D eigenvalue weighted by Crippen LogP contribution is 2.26. The number of nitrogens with two attached hydrogens (primary N) is 1. The van der Waals surface area contributed by atoms with Gasteiger partial charge >= 0.3 is 0 Å². The molecular weight excluding hydrogens is 256 g/mol. The van der Waals surface area contributed by atoms with Gasteiger partial charge in [-0.2, -0.15) is 4.98 Å². The first kappa shape index (κ1) is 12.7. The van der Waals surface area contributed by atoms with Crippen LogP contribution in [0.4, 0.5) is 0 Å². The number of nitrogens with zero attached hydrogens (tertiary/aromatic N) is 3. The molecule has 0 aliphatic rings. The Morgan fingerprint density at radius 3 is 3.05 bits per heavy atom. The minimum absolute atomic E-state index is 0.343. The van der Waals surface area contributed by atoms with Crippen LogP contribution in [0.3, 0.4) is 0 Å². The lowest BCUT2D eigenvalue weighted by Crippen LogP contribution is -2.17. The van der Waals surface area contributed by atoms with E-state index >= 15 is 0 Å². The maximum absolute atomic E-state index is 5.89. The average molecular weight is 270 g/mol. The molecule has 102 valence electrons. The molecule has 1 unspecified atom stereocenters. The number of hydrogen-bond acceptors (Lipinski definition) is 6. The van der Waals surface area contributed by atoms with Gasteiger partial charge in [-0.1, -0.05) is 17.3 Å². The van der Waals surface area contributed by atoms with Crippen molar-refractivity contribution in [3.63, 3.8) is 0 Å². The highest BCUT2D eigenvalue weighted by molar-refractivity contribution is 5.92. The summed E-state index contributed by atoms with van der Waals surface area (Å²) in [5.74, 6) is 0.868. The zero-order valence-corrected chi connectivity index (χ0v) is 11.0. The summed E-state index contributed by atoms with van der Waals surface area (Å²) in [6, 6.07) is 9.21. The predicted molar refractivity (Wildman–Crippen MR) is 73.8 cm³/mol. The van der Waals surface area contributed by atoms with E-state index in [1.807, 2.05) is 30.3 Å². The van der Waals surface area contributed by atoms with Gasteiger partial charge in [-0.3, -0.25) is 4.98 Å². The minimum Gasteiger partial charge on any atom is -0.383 e. The van der Waals surface area contributed by atoms with E-state index in [4.69, 9.17) is 15.0 Å². The maximum atomic E-state index is 5.89. The van der Waals surface area contributed by atoms with Crippen molar-refractivity contribution < 1.29 is 9.26 Å². The first-order chi connectivity index (χ1) is 9.79. The zero-order chi connectivity index (χ0) is 13.9. The molecule has 0 fully saturated rings. The molecule has 0 aliphatic heterocycles. The van der Waals surface area contributed by atoms with Crippen LogP contribution in [0, 0.1) is 0 Å². The van der Waals surface area contributed by atoms with Crippen molar-refractivity contribution in [2.24, 2.45) is 5.73 Å². The molecule has 0 bridgehead atoms. The van der Waals surface area contributed by atoms with Crippen LogP contribution >= 0.6 is 0 Å². The van der Waals surface area contributed by atoms with Crippen LogP contribution in [0.5, 0.6) is 0 Å². The van der Waals surface area contributed by atoms with Crippen LogP contribution in [0.1, 0.15) is 11.9 Å². The standard InChI is InChI=1S/C14H14N4O2/c1-19-8-11(15)13-17-14(20-18-13)10-4-2-6-12-9(10)5-3-7-16-12/h2-7,11H,8,15H2,1H3. The molecule has 6 heteroatoms. The van der Waals surface area contributed by atoms with Crippen molar-refractivity contribution in [1.29, 1.82) is 0 Å². The molecule has 2 heterocycles. The summed E-state index contributed by atoms with van der Waals surface area (Å²) in [6.45, 7) is 0.343. The van der Waals surface area contributed by atoms with E-state index in [-0.39, 0.29) is 0 Å². The van der Waals surface area contributed by atoms with Crippen LogP contribution < -0.4 is 5.73 Å². The molecule has 0 aliphatic carbocycles. The summed E-state index contributed by atoms with van der Waals surface area (Å²) in [5, 5.41) is 4.87. The van der Waals surface area contributed by atoms with E-state index in [0.717, 1.165) is 16.5 Å². The van der Waals surface area contributed by atoms with E-state index < -0.39 is 6.04 Å². The van der Waals surface area contributed by atoms with Crippen LogP contribution in [0.2, 0.25) is 0 Å². The Bertz CT molecular complexity index is 721. The summed E-state index contributed by atoms with van der Waals surface area (Å²) < 4.78 is 10.3. The zero-order valence-electron chi connectivity index (χ0n) is 11.0. The molecule has 0 radical (unpaired) electrons. The number of pyridine rings is 1. The van der Waals surface area contributed by atoms with Crippen LogP contribution in [-0.2, 0) is 4.74 Å². The van der Waals surface area contributed by atoms with Gasteiger partial charge in [0.15, 0.2) is 5.82 Å². The number of benzene rings is 1. The number of hydrogen-bond donors (Lipinski definition) is 1. The average Bonchev–Trinajstić information content (AvgIpc) is 2.97. The summed E-state index contributed by atoms with van der Waals surface area (Å²) in [6.07, 6.45) is 1.75. The first-order valence-electron chi connectivity index (χ1n) is 6.22. The lowest BCUT2D eigenvalue weighted by Gasteiger charge is -2.03. The topological polar surface area (TPSA) is 87.1 Å². The van der Waals surface area contributed by atoms with Gasteiger partial charge in [-0.15, -0.1) is 0 Å². The van der Waals surface area contributed by atoms with Crippen molar-refractivity contribution in [2.45, 2.75) is 6.04 Å². The Labute approximate surface area is 115 Å². The molecule has 2 aromatic heterocycles. The quantitative estimate of drug-likeness (QED) is 0.779. The highest BCUT2D eigenvalue weighted by Gasteiger charge is 2.16. The van der Waals surface area contributed by atoms with Crippen molar-refractivity contribution in [3.05, 3.63) is 42.4 Å². The SMILES string of the molecule is COCC(N)c1noc(-c2cccc3ncccc23)n1.